The number of esters is 1. The van der Waals surface area contributed by atoms with Crippen LogP contribution in [0.2, 0.25) is 0 Å². The van der Waals surface area contributed by atoms with Gasteiger partial charge in [0.05, 0.1) is 0 Å². The summed E-state index contributed by atoms with van der Waals surface area (Å²) >= 11 is 0. The first-order valence-electron chi connectivity index (χ1n) is 5.04. The van der Waals surface area contributed by atoms with E-state index in [0.717, 1.165) is 0 Å². The van der Waals surface area contributed by atoms with Crippen LogP contribution >= 0.6 is 0 Å². The maximum atomic E-state index is 13.2. The van der Waals surface area contributed by atoms with Crippen molar-refractivity contribution in [1.82, 2.24) is 0 Å². The smallest absolute Gasteiger partial charge is 0.340 e. The highest BCUT2D eigenvalue weighted by Gasteiger charge is 2.25. The molecule has 0 amide bonds. The highest BCUT2D eigenvalue weighted by molar-refractivity contribution is 5.76. The van der Waals surface area contributed by atoms with Crippen molar-refractivity contribution < 1.29 is 31.8 Å². The Hall–Kier alpha value is -1.63. The Kier molecular flexibility index (Phi) is 4.66. The molecule has 0 aliphatic carbocycles. The molecule has 100 valence electrons. The van der Waals surface area contributed by atoms with Crippen LogP contribution in [0.25, 0.3) is 0 Å². The van der Waals surface area contributed by atoms with Crippen molar-refractivity contribution in [3.8, 4) is 5.75 Å². The fourth-order valence-corrected chi connectivity index (χ4v) is 1.14. The Balaban J connectivity index is 3.01. The summed E-state index contributed by atoms with van der Waals surface area (Å²) in [5, 5.41) is 0. The van der Waals surface area contributed by atoms with Gasteiger partial charge in [-0.3, -0.25) is 0 Å². The number of carbonyl (C=O) groups excluding carboxylic acids is 1. The van der Waals surface area contributed by atoms with Crippen molar-refractivity contribution in [2.45, 2.75) is 20.0 Å². The van der Waals surface area contributed by atoms with Gasteiger partial charge in [-0.2, -0.15) is 8.78 Å². The van der Waals surface area contributed by atoms with E-state index in [0.29, 0.717) is 0 Å². The van der Waals surface area contributed by atoms with Gasteiger partial charge in [-0.25, -0.2) is 13.6 Å². The van der Waals surface area contributed by atoms with E-state index in [1.54, 1.807) is 6.92 Å². The quantitative estimate of drug-likeness (QED) is 0.363. The Labute approximate surface area is 100 Å². The summed E-state index contributed by atoms with van der Waals surface area (Å²) in [7, 11) is 0. The maximum Gasteiger partial charge on any atom is 0.340 e. The molecule has 0 bridgehead atoms. The molecule has 0 aromatic heterocycles. The zero-order valence-electron chi connectivity index (χ0n) is 9.60. The predicted molar refractivity (Wildman–Crippen MR) is 53.0 cm³/mol. The Morgan fingerprint density at radius 3 is 2.17 bits per heavy atom. The van der Waals surface area contributed by atoms with Gasteiger partial charge in [-0.15, -0.1) is 0 Å². The van der Waals surface area contributed by atoms with Crippen molar-refractivity contribution in [3.63, 3.8) is 0 Å². The maximum absolute atomic E-state index is 13.2. The van der Waals surface area contributed by atoms with Crippen LogP contribution in [-0.4, -0.2) is 18.7 Å². The fourth-order valence-electron chi connectivity index (χ4n) is 1.14. The van der Waals surface area contributed by atoms with Crippen LogP contribution in [0.1, 0.15) is 13.8 Å². The molecule has 0 N–H and O–H groups in total. The molecule has 0 saturated carbocycles. The highest BCUT2D eigenvalue weighted by Crippen LogP contribution is 2.26. The first kappa shape index (κ1) is 14.4. The van der Waals surface area contributed by atoms with E-state index in [1.807, 2.05) is 0 Å². The molecule has 1 unspecified atom stereocenters. The largest absolute Gasteiger partial charge is 0.418 e. The molecule has 0 spiro atoms. The molecule has 0 fully saturated rings. The van der Waals surface area contributed by atoms with Gasteiger partial charge in [-0.05, 0) is 13.8 Å². The minimum Gasteiger partial charge on any atom is -0.418 e. The van der Waals surface area contributed by atoms with Gasteiger partial charge in [0.1, 0.15) is 0 Å². The Morgan fingerprint density at radius 2 is 1.72 bits per heavy atom. The zero-order valence-corrected chi connectivity index (χ0v) is 9.60. The van der Waals surface area contributed by atoms with Gasteiger partial charge in [0.2, 0.25) is 17.4 Å². The van der Waals surface area contributed by atoms with Crippen molar-refractivity contribution >= 4 is 5.97 Å². The third-order valence-corrected chi connectivity index (χ3v) is 2.02. The molecule has 1 aromatic rings. The lowest BCUT2D eigenvalue weighted by molar-refractivity contribution is -0.146. The summed E-state index contributed by atoms with van der Waals surface area (Å²) in [6.07, 6.45) is -1.11. The third-order valence-electron chi connectivity index (χ3n) is 2.02. The second-order valence-corrected chi connectivity index (χ2v) is 3.32. The van der Waals surface area contributed by atoms with Crippen molar-refractivity contribution in [3.05, 3.63) is 29.3 Å². The molecule has 3 nitrogen and oxygen atoms in total. The second kappa shape index (κ2) is 5.81. The van der Waals surface area contributed by atoms with Gasteiger partial charge >= 0.3 is 5.97 Å². The highest BCUT2D eigenvalue weighted by atomic mass is 19.2. The zero-order chi connectivity index (χ0) is 13.9. The second-order valence-electron chi connectivity index (χ2n) is 3.32. The standard InChI is InChI=1S/C11H10F4O3/c1-3-17-5(2)11(16)18-10-8(14)6(12)4-7(13)9(10)15/h4-5H,3H2,1-2H3. The van der Waals surface area contributed by atoms with E-state index in [1.165, 1.54) is 6.92 Å². The number of halogens is 4. The predicted octanol–water partition coefficient (Wildman–Crippen LogP) is 2.57. The topological polar surface area (TPSA) is 35.5 Å². The van der Waals surface area contributed by atoms with Crippen LogP contribution < -0.4 is 4.74 Å². The lowest BCUT2D eigenvalue weighted by atomic mass is 10.3. The molecule has 0 heterocycles. The molecular formula is C11H10F4O3. The summed E-state index contributed by atoms with van der Waals surface area (Å²) in [4.78, 5) is 11.3. The van der Waals surface area contributed by atoms with Crippen LogP contribution in [-0.2, 0) is 9.53 Å². The first-order valence-corrected chi connectivity index (χ1v) is 5.04. The summed E-state index contributed by atoms with van der Waals surface area (Å²) in [6, 6.07) is 0.0218. The minimum absolute atomic E-state index is 0.0218. The van der Waals surface area contributed by atoms with Crippen LogP contribution in [0.4, 0.5) is 17.6 Å². The van der Waals surface area contributed by atoms with Crippen LogP contribution in [0.15, 0.2) is 6.07 Å². The minimum atomic E-state index is -1.77. The average Bonchev–Trinajstić information content (AvgIpc) is 2.32. The monoisotopic (exact) mass is 266 g/mol. The van der Waals surface area contributed by atoms with Gasteiger partial charge < -0.3 is 9.47 Å². The molecule has 1 aromatic carbocycles. The van der Waals surface area contributed by atoms with Gasteiger partial charge in [-0.1, -0.05) is 0 Å². The number of carbonyl (C=O) groups is 1. The Morgan fingerprint density at radius 1 is 1.22 bits per heavy atom. The lowest BCUT2D eigenvalue weighted by Gasteiger charge is -2.12. The van der Waals surface area contributed by atoms with E-state index in [-0.39, 0.29) is 12.7 Å². The molecule has 0 aliphatic heterocycles. The Bertz CT molecular complexity index is 436. The molecule has 18 heavy (non-hydrogen) atoms. The summed E-state index contributed by atoms with van der Waals surface area (Å²) in [5.41, 5.74) is 0. The van der Waals surface area contributed by atoms with Crippen LogP contribution in [0.5, 0.6) is 5.75 Å². The van der Waals surface area contributed by atoms with E-state index in [4.69, 9.17) is 4.74 Å². The van der Waals surface area contributed by atoms with Gasteiger partial charge in [0, 0.05) is 12.7 Å². The van der Waals surface area contributed by atoms with Crippen LogP contribution in [0.3, 0.4) is 0 Å². The lowest BCUT2D eigenvalue weighted by Crippen LogP contribution is -2.26. The van der Waals surface area contributed by atoms with E-state index >= 15 is 0 Å². The van der Waals surface area contributed by atoms with Gasteiger partial charge in [0.15, 0.2) is 17.7 Å². The molecule has 0 radical (unpaired) electrons. The summed E-state index contributed by atoms with van der Waals surface area (Å²) in [6.45, 7) is 3.03. The molecule has 0 saturated heterocycles. The first-order chi connectivity index (χ1) is 8.38. The summed E-state index contributed by atoms with van der Waals surface area (Å²) < 4.78 is 61.0. The van der Waals surface area contributed by atoms with E-state index in [9.17, 15) is 22.4 Å². The molecule has 7 heteroatoms. The SMILES string of the molecule is CCOC(C)C(=O)Oc1c(F)c(F)cc(F)c1F. The third kappa shape index (κ3) is 2.98. The summed E-state index contributed by atoms with van der Waals surface area (Å²) in [5.74, 6) is -9.41. The molecular weight excluding hydrogens is 256 g/mol. The number of ether oxygens (including phenoxy) is 2. The van der Waals surface area contributed by atoms with Gasteiger partial charge in [0.25, 0.3) is 0 Å². The van der Waals surface area contributed by atoms with Crippen molar-refractivity contribution in [2.24, 2.45) is 0 Å². The number of rotatable bonds is 4. The normalized spacial score (nSPS) is 12.3. The van der Waals surface area contributed by atoms with Crippen LogP contribution in [0, 0.1) is 23.3 Å². The number of benzene rings is 1. The average molecular weight is 266 g/mol. The molecule has 1 atom stereocenters. The molecule has 0 aliphatic rings. The van der Waals surface area contributed by atoms with Crippen molar-refractivity contribution in [1.29, 1.82) is 0 Å². The molecule has 1 rings (SSSR count). The fraction of sp³-hybridized carbons (Fsp3) is 0.364. The van der Waals surface area contributed by atoms with E-state index in [2.05, 4.69) is 4.74 Å². The number of hydrogen-bond donors (Lipinski definition) is 0. The number of hydrogen-bond acceptors (Lipinski definition) is 3. The van der Waals surface area contributed by atoms with Crippen molar-refractivity contribution in [2.75, 3.05) is 6.61 Å². The van der Waals surface area contributed by atoms with E-state index < -0.39 is 41.1 Å².